The Morgan fingerprint density at radius 2 is 1.79 bits per heavy atom. The van der Waals surface area contributed by atoms with Gasteiger partial charge in [0.2, 0.25) is 0 Å². The monoisotopic (exact) mass is 442 g/mol. The van der Waals surface area contributed by atoms with Gasteiger partial charge in [0.25, 0.3) is 5.91 Å². The normalized spacial score (nSPS) is 16.2. The zero-order valence-electron chi connectivity index (χ0n) is 19.5. The first-order valence-electron chi connectivity index (χ1n) is 11.7. The average Bonchev–Trinajstić information content (AvgIpc) is 3.58. The number of benzene rings is 2. The molecule has 1 aliphatic rings. The van der Waals surface area contributed by atoms with E-state index >= 15 is 0 Å². The number of aromatic nitrogens is 2. The molecule has 3 heterocycles. The summed E-state index contributed by atoms with van der Waals surface area (Å²) in [4.78, 5) is 17.8. The predicted octanol–water partition coefficient (Wildman–Crippen LogP) is 5.06. The Labute approximate surface area is 194 Å². The Morgan fingerprint density at radius 3 is 2.55 bits per heavy atom. The van der Waals surface area contributed by atoms with Gasteiger partial charge in [0.1, 0.15) is 17.0 Å². The number of para-hydroxylation sites is 1. The van der Waals surface area contributed by atoms with E-state index in [1.165, 1.54) is 0 Å². The summed E-state index contributed by atoms with van der Waals surface area (Å²) in [5.74, 6) is 0.846. The second kappa shape index (κ2) is 8.87. The standard InChI is InChI=1S/C27H30N4O2/c1-4-30(5-2)20-14-15-31(18-20)27(32)24-17-23(28-29(24)3)21-11-7-8-12-22(21)26-16-19-10-6-9-13-25(19)33-26/h6-13,16-17,20H,4-5,14-15,18H2,1-3H3. The van der Waals surface area contributed by atoms with Gasteiger partial charge in [0.05, 0.1) is 5.69 Å². The van der Waals surface area contributed by atoms with Crippen LogP contribution in [0.1, 0.15) is 30.8 Å². The highest BCUT2D eigenvalue weighted by Gasteiger charge is 2.31. The summed E-state index contributed by atoms with van der Waals surface area (Å²) in [6.07, 6.45) is 1.02. The van der Waals surface area contributed by atoms with Crippen LogP contribution in [0.25, 0.3) is 33.6 Å². The number of carbonyl (C=O) groups is 1. The number of amides is 1. The molecule has 2 aromatic heterocycles. The topological polar surface area (TPSA) is 54.5 Å². The Balaban J connectivity index is 1.44. The van der Waals surface area contributed by atoms with Gasteiger partial charge in [-0.3, -0.25) is 14.4 Å². The van der Waals surface area contributed by atoms with Crippen LogP contribution in [0, 0.1) is 0 Å². The number of nitrogens with zero attached hydrogens (tertiary/aromatic N) is 4. The first kappa shape index (κ1) is 21.5. The van der Waals surface area contributed by atoms with Crippen molar-refractivity contribution in [3.8, 4) is 22.6 Å². The van der Waals surface area contributed by atoms with Crippen LogP contribution in [-0.2, 0) is 7.05 Å². The van der Waals surface area contributed by atoms with Crippen LogP contribution in [0.3, 0.4) is 0 Å². The van der Waals surface area contributed by atoms with Gasteiger partial charge in [-0.15, -0.1) is 0 Å². The third-order valence-corrected chi connectivity index (χ3v) is 6.77. The molecule has 1 saturated heterocycles. The summed E-state index contributed by atoms with van der Waals surface area (Å²) >= 11 is 0. The number of carbonyl (C=O) groups excluding carboxylic acids is 1. The lowest BCUT2D eigenvalue weighted by atomic mass is 10.0. The second-order valence-corrected chi connectivity index (χ2v) is 8.65. The molecular weight excluding hydrogens is 412 g/mol. The molecule has 1 atom stereocenters. The maximum atomic E-state index is 13.4. The van der Waals surface area contributed by atoms with Gasteiger partial charge in [-0.2, -0.15) is 5.10 Å². The van der Waals surface area contributed by atoms with E-state index in [1.807, 2.05) is 66.5 Å². The summed E-state index contributed by atoms with van der Waals surface area (Å²) in [7, 11) is 1.85. The lowest BCUT2D eigenvalue weighted by molar-refractivity contribution is 0.0767. The van der Waals surface area contributed by atoms with Gasteiger partial charge in [-0.05, 0) is 37.7 Å². The number of fused-ring (bicyclic) bond motifs is 1. The molecule has 0 spiro atoms. The molecular formula is C27H30N4O2. The summed E-state index contributed by atoms with van der Waals surface area (Å²) < 4.78 is 7.83. The lowest BCUT2D eigenvalue weighted by Crippen LogP contribution is -2.39. The van der Waals surface area contributed by atoms with Gasteiger partial charge >= 0.3 is 0 Å². The molecule has 0 N–H and O–H groups in total. The van der Waals surface area contributed by atoms with Crippen molar-refractivity contribution in [3.05, 3.63) is 66.4 Å². The molecule has 0 saturated carbocycles. The lowest BCUT2D eigenvalue weighted by Gasteiger charge is -2.26. The van der Waals surface area contributed by atoms with E-state index in [2.05, 4.69) is 24.8 Å². The van der Waals surface area contributed by atoms with Crippen LogP contribution in [0.15, 0.2) is 65.1 Å². The van der Waals surface area contributed by atoms with E-state index in [0.717, 1.165) is 66.2 Å². The van der Waals surface area contributed by atoms with Gasteiger partial charge in [-0.25, -0.2) is 0 Å². The van der Waals surface area contributed by atoms with Crippen molar-refractivity contribution in [1.29, 1.82) is 0 Å². The minimum atomic E-state index is 0.0483. The van der Waals surface area contributed by atoms with Crippen molar-refractivity contribution >= 4 is 16.9 Å². The second-order valence-electron chi connectivity index (χ2n) is 8.65. The van der Waals surface area contributed by atoms with E-state index in [9.17, 15) is 4.79 Å². The van der Waals surface area contributed by atoms with E-state index in [-0.39, 0.29) is 5.91 Å². The molecule has 33 heavy (non-hydrogen) atoms. The largest absolute Gasteiger partial charge is 0.456 e. The van der Waals surface area contributed by atoms with Crippen LogP contribution in [0.2, 0.25) is 0 Å². The number of aryl methyl sites for hydroxylation is 1. The van der Waals surface area contributed by atoms with Crippen molar-refractivity contribution in [2.75, 3.05) is 26.2 Å². The third kappa shape index (κ3) is 3.95. The van der Waals surface area contributed by atoms with Crippen LogP contribution in [0.5, 0.6) is 0 Å². The van der Waals surface area contributed by atoms with Crippen molar-refractivity contribution in [2.24, 2.45) is 7.05 Å². The molecule has 1 amide bonds. The molecule has 4 aromatic rings. The fourth-order valence-electron chi connectivity index (χ4n) is 4.96. The van der Waals surface area contributed by atoms with Crippen LogP contribution < -0.4 is 0 Å². The number of rotatable bonds is 6. The molecule has 0 aliphatic carbocycles. The number of likely N-dealkylation sites (N-methyl/N-ethyl adjacent to an activating group) is 1. The van der Waals surface area contributed by atoms with Crippen molar-refractivity contribution < 1.29 is 9.21 Å². The quantitative estimate of drug-likeness (QED) is 0.419. The Bertz CT molecular complexity index is 1250. The smallest absolute Gasteiger partial charge is 0.272 e. The highest BCUT2D eigenvalue weighted by Crippen LogP contribution is 2.35. The van der Waals surface area contributed by atoms with Crippen LogP contribution >= 0.6 is 0 Å². The molecule has 6 heteroatoms. The highest BCUT2D eigenvalue weighted by molar-refractivity contribution is 5.95. The first-order valence-corrected chi connectivity index (χ1v) is 11.7. The van der Waals surface area contributed by atoms with Crippen LogP contribution in [-0.4, -0.2) is 57.7 Å². The Hall–Kier alpha value is -3.38. The zero-order valence-corrected chi connectivity index (χ0v) is 19.5. The maximum absolute atomic E-state index is 13.4. The van der Waals surface area contributed by atoms with Gasteiger partial charge < -0.3 is 9.32 Å². The molecule has 5 rings (SSSR count). The Morgan fingerprint density at radius 1 is 1.06 bits per heavy atom. The van der Waals surface area contributed by atoms with Gasteiger partial charge in [-0.1, -0.05) is 56.3 Å². The van der Waals surface area contributed by atoms with E-state index in [4.69, 9.17) is 9.52 Å². The Kier molecular flexibility index (Phi) is 5.77. The maximum Gasteiger partial charge on any atom is 0.272 e. The summed E-state index contributed by atoms with van der Waals surface area (Å²) in [6.45, 7) is 7.95. The van der Waals surface area contributed by atoms with Gasteiger partial charge in [0, 0.05) is 42.7 Å². The number of likely N-dealkylation sites (tertiary alicyclic amines) is 1. The molecule has 2 aromatic carbocycles. The van der Waals surface area contributed by atoms with E-state index < -0.39 is 0 Å². The van der Waals surface area contributed by atoms with Gasteiger partial charge in [0.15, 0.2) is 0 Å². The predicted molar refractivity (Wildman–Crippen MR) is 131 cm³/mol. The fourth-order valence-corrected chi connectivity index (χ4v) is 4.96. The number of hydrogen-bond acceptors (Lipinski definition) is 4. The summed E-state index contributed by atoms with van der Waals surface area (Å²) in [5, 5.41) is 5.78. The van der Waals surface area contributed by atoms with E-state index in [0.29, 0.717) is 11.7 Å². The summed E-state index contributed by atoms with van der Waals surface area (Å²) in [6, 6.07) is 20.5. The molecule has 0 bridgehead atoms. The first-order chi connectivity index (χ1) is 16.1. The average molecular weight is 443 g/mol. The van der Waals surface area contributed by atoms with E-state index in [1.54, 1.807) is 4.68 Å². The molecule has 1 fully saturated rings. The molecule has 1 unspecified atom stereocenters. The fraction of sp³-hybridized carbons (Fsp3) is 0.333. The molecule has 0 radical (unpaired) electrons. The number of furan rings is 1. The van der Waals surface area contributed by atoms with Crippen molar-refractivity contribution in [1.82, 2.24) is 19.6 Å². The molecule has 170 valence electrons. The highest BCUT2D eigenvalue weighted by atomic mass is 16.3. The minimum absolute atomic E-state index is 0.0483. The minimum Gasteiger partial charge on any atom is -0.456 e. The summed E-state index contributed by atoms with van der Waals surface area (Å²) in [5.41, 5.74) is 4.17. The van der Waals surface area contributed by atoms with Crippen molar-refractivity contribution in [3.63, 3.8) is 0 Å². The zero-order chi connectivity index (χ0) is 22.9. The molecule has 6 nitrogen and oxygen atoms in total. The number of hydrogen-bond donors (Lipinski definition) is 0. The molecule has 1 aliphatic heterocycles. The SMILES string of the molecule is CCN(CC)C1CCN(C(=O)c2cc(-c3ccccc3-c3cc4ccccc4o3)nn2C)C1. The van der Waals surface area contributed by atoms with Crippen molar-refractivity contribution in [2.45, 2.75) is 26.3 Å². The third-order valence-electron chi connectivity index (χ3n) is 6.77. The van der Waals surface area contributed by atoms with Crippen LogP contribution in [0.4, 0.5) is 0 Å².